The summed E-state index contributed by atoms with van der Waals surface area (Å²) in [6, 6.07) is 6.21. The summed E-state index contributed by atoms with van der Waals surface area (Å²) in [5, 5.41) is 18.8. The molecule has 0 aliphatic carbocycles. The van der Waals surface area contributed by atoms with Crippen LogP contribution in [-0.4, -0.2) is 26.5 Å². The zero-order chi connectivity index (χ0) is 12.4. The van der Waals surface area contributed by atoms with E-state index >= 15 is 0 Å². The van der Waals surface area contributed by atoms with E-state index in [-0.39, 0.29) is 11.7 Å². The van der Waals surface area contributed by atoms with Crippen LogP contribution in [0.2, 0.25) is 0 Å². The van der Waals surface area contributed by atoms with E-state index in [1.807, 2.05) is 6.07 Å². The standard InChI is InChI=1S/C11H12N6O/c18-11(10-14-16-17-15-10)13-4-7-1-2-8-5-12-6-9(8)3-7/h1-3,12H,4-6H2,(H,13,18)(H,14,15,16,17). The van der Waals surface area contributed by atoms with Gasteiger partial charge < -0.3 is 10.6 Å². The quantitative estimate of drug-likeness (QED) is 0.691. The van der Waals surface area contributed by atoms with Crippen LogP contribution in [0.4, 0.5) is 0 Å². The number of fused-ring (bicyclic) bond motifs is 1. The number of carbonyl (C=O) groups excluding carboxylic acids is 1. The molecule has 0 radical (unpaired) electrons. The van der Waals surface area contributed by atoms with Gasteiger partial charge in [0.15, 0.2) is 0 Å². The highest BCUT2D eigenvalue weighted by Gasteiger charge is 2.12. The van der Waals surface area contributed by atoms with Crippen molar-refractivity contribution in [3.05, 3.63) is 40.7 Å². The van der Waals surface area contributed by atoms with Crippen LogP contribution in [0.5, 0.6) is 0 Å². The molecule has 2 heterocycles. The Morgan fingerprint density at radius 1 is 1.33 bits per heavy atom. The van der Waals surface area contributed by atoms with Crippen LogP contribution in [0.3, 0.4) is 0 Å². The minimum absolute atomic E-state index is 0.0535. The molecule has 0 unspecified atom stereocenters. The second-order valence-corrected chi connectivity index (χ2v) is 4.12. The molecular weight excluding hydrogens is 232 g/mol. The molecule has 1 aromatic heterocycles. The number of amides is 1. The van der Waals surface area contributed by atoms with E-state index in [1.165, 1.54) is 11.1 Å². The Bertz CT molecular complexity index is 565. The van der Waals surface area contributed by atoms with Gasteiger partial charge in [-0.1, -0.05) is 18.2 Å². The van der Waals surface area contributed by atoms with Crippen LogP contribution in [0, 0.1) is 0 Å². The van der Waals surface area contributed by atoms with E-state index in [4.69, 9.17) is 0 Å². The highest BCUT2D eigenvalue weighted by atomic mass is 16.2. The molecule has 7 nitrogen and oxygen atoms in total. The minimum Gasteiger partial charge on any atom is -0.345 e. The summed E-state index contributed by atoms with van der Waals surface area (Å²) in [5.74, 6) is -0.278. The number of aromatic amines is 1. The van der Waals surface area contributed by atoms with Gasteiger partial charge >= 0.3 is 0 Å². The van der Waals surface area contributed by atoms with Crippen LogP contribution in [-0.2, 0) is 19.6 Å². The Labute approximate surface area is 103 Å². The third kappa shape index (κ3) is 2.07. The molecule has 0 saturated heterocycles. The van der Waals surface area contributed by atoms with Crippen molar-refractivity contribution >= 4 is 5.91 Å². The van der Waals surface area contributed by atoms with Crippen molar-refractivity contribution in [2.24, 2.45) is 0 Å². The number of nitrogens with zero attached hydrogens (tertiary/aromatic N) is 3. The molecule has 1 aromatic carbocycles. The molecule has 1 aliphatic heterocycles. The fourth-order valence-corrected chi connectivity index (χ4v) is 1.98. The summed E-state index contributed by atoms with van der Waals surface area (Å²) in [6.07, 6.45) is 0. The number of carbonyl (C=O) groups is 1. The smallest absolute Gasteiger partial charge is 0.293 e. The van der Waals surface area contributed by atoms with Crippen LogP contribution in [0.15, 0.2) is 18.2 Å². The first kappa shape index (κ1) is 10.8. The second kappa shape index (κ2) is 4.53. The minimum atomic E-state index is -0.331. The van der Waals surface area contributed by atoms with Crippen LogP contribution in [0.1, 0.15) is 27.3 Å². The van der Waals surface area contributed by atoms with Crippen LogP contribution in [0.25, 0.3) is 0 Å². The van der Waals surface area contributed by atoms with Gasteiger partial charge in [0, 0.05) is 19.6 Å². The van der Waals surface area contributed by atoms with Crippen molar-refractivity contribution in [1.82, 2.24) is 31.3 Å². The van der Waals surface area contributed by atoms with Gasteiger partial charge in [0.1, 0.15) is 0 Å². The topological polar surface area (TPSA) is 95.6 Å². The average molecular weight is 244 g/mol. The van der Waals surface area contributed by atoms with E-state index in [2.05, 4.69) is 43.4 Å². The molecule has 0 saturated carbocycles. The lowest BCUT2D eigenvalue weighted by Gasteiger charge is -2.05. The number of aromatic nitrogens is 4. The summed E-state index contributed by atoms with van der Waals surface area (Å²) in [4.78, 5) is 11.6. The van der Waals surface area contributed by atoms with Crippen molar-refractivity contribution in [2.45, 2.75) is 19.6 Å². The van der Waals surface area contributed by atoms with Crippen molar-refractivity contribution in [3.63, 3.8) is 0 Å². The van der Waals surface area contributed by atoms with E-state index < -0.39 is 0 Å². The van der Waals surface area contributed by atoms with Crippen molar-refractivity contribution in [1.29, 1.82) is 0 Å². The summed E-state index contributed by atoms with van der Waals surface area (Å²) in [6.45, 7) is 2.27. The molecule has 1 aliphatic rings. The molecule has 18 heavy (non-hydrogen) atoms. The number of rotatable bonds is 3. The molecule has 2 aromatic rings. The first-order chi connectivity index (χ1) is 8.83. The predicted octanol–water partition coefficient (Wildman–Crippen LogP) is -0.267. The van der Waals surface area contributed by atoms with E-state index in [9.17, 15) is 4.79 Å². The van der Waals surface area contributed by atoms with E-state index in [1.54, 1.807) is 0 Å². The number of hydrogen-bond acceptors (Lipinski definition) is 5. The Morgan fingerprint density at radius 2 is 2.22 bits per heavy atom. The lowest BCUT2D eigenvalue weighted by atomic mass is 10.1. The lowest BCUT2D eigenvalue weighted by Crippen LogP contribution is -2.24. The fraction of sp³-hybridized carbons (Fsp3) is 0.273. The number of H-pyrrole nitrogens is 1. The summed E-state index contributed by atoms with van der Waals surface area (Å²) in [7, 11) is 0. The first-order valence-corrected chi connectivity index (χ1v) is 5.66. The highest BCUT2D eigenvalue weighted by Crippen LogP contribution is 2.16. The maximum atomic E-state index is 11.6. The number of benzene rings is 1. The highest BCUT2D eigenvalue weighted by molar-refractivity contribution is 5.89. The normalized spacial score (nSPS) is 13.3. The Morgan fingerprint density at radius 3 is 3.06 bits per heavy atom. The van der Waals surface area contributed by atoms with Crippen LogP contribution < -0.4 is 10.6 Å². The monoisotopic (exact) mass is 244 g/mol. The third-order valence-electron chi connectivity index (χ3n) is 2.90. The Balaban J connectivity index is 1.65. The molecule has 0 spiro atoms. The van der Waals surface area contributed by atoms with Crippen LogP contribution >= 0.6 is 0 Å². The van der Waals surface area contributed by atoms with Gasteiger partial charge in [0.05, 0.1) is 0 Å². The number of tetrazole rings is 1. The zero-order valence-corrected chi connectivity index (χ0v) is 9.60. The number of hydrogen-bond donors (Lipinski definition) is 3. The van der Waals surface area contributed by atoms with Gasteiger partial charge in [-0.05, 0) is 21.9 Å². The Kier molecular flexibility index (Phi) is 2.73. The van der Waals surface area contributed by atoms with Gasteiger partial charge in [0.2, 0.25) is 0 Å². The average Bonchev–Trinajstić information content (AvgIpc) is 3.05. The van der Waals surface area contributed by atoms with Crippen molar-refractivity contribution in [2.75, 3.05) is 0 Å². The predicted molar refractivity (Wildman–Crippen MR) is 62.3 cm³/mol. The summed E-state index contributed by atoms with van der Waals surface area (Å²) < 4.78 is 0. The lowest BCUT2D eigenvalue weighted by molar-refractivity contribution is 0.0940. The van der Waals surface area contributed by atoms with E-state index in [0.29, 0.717) is 6.54 Å². The van der Waals surface area contributed by atoms with Crippen molar-refractivity contribution in [3.8, 4) is 0 Å². The molecular formula is C11H12N6O. The fourth-order valence-electron chi connectivity index (χ4n) is 1.98. The van der Waals surface area contributed by atoms with Gasteiger partial charge in [-0.25, -0.2) is 0 Å². The molecule has 0 atom stereocenters. The molecule has 3 N–H and O–H groups in total. The third-order valence-corrected chi connectivity index (χ3v) is 2.90. The van der Waals surface area contributed by atoms with Gasteiger partial charge in [0.25, 0.3) is 11.7 Å². The largest absolute Gasteiger partial charge is 0.345 e. The maximum absolute atomic E-state index is 11.6. The molecule has 7 heteroatoms. The summed E-state index contributed by atoms with van der Waals surface area (Å²) >= 11 is 0. The molecule has 3 rings (SSSR count). The van der Waals surface area contributed by atoms with Gasteiger partial charge in [-0.15, -0.1) is 10.2 Å². The van der Waals surface area contributed by atoms with Crippen molar-refractivity contribution < 1.29 is 4.79 Å². The molecule has 0 fully saturated rings. The second-order valence-electron chi connectivity index (χ2n) is 4.12. The van der Waals surface area contributed by atoms with E-state index in [0.717, 1.165) is 18.7 Å². The molecule has 92 valence electrons. The Hall–Kier alpha value is -2.28. The van der Waals surface area contributed by atoms with Gasteiger partial charge in [-0.3, -0.25) is 4.79 Å². The number of nitrogens with one attached hydrogen (secondary N) is 3. The zero-order valence-electron chi connectivity index (χ0n) is 9.60. The molecule has 0 bridgehead atoms. The van der Waals surface area contributed by atoms with Gasteiger partial charge in [-0.2, -0.15) is 5.21 Å². The molecule has 1 amide bonds. The first-order valence-electron chi connectivity index (χ1n) is 5.66. The summed E-state index contributed by atoms with van der Waals surface area (Å²) in [5.41, 5.74) is 3.68. The maximum Gasteiger partial charge on any atom is 0.293 e. The SMILES string of the molecule is O=C(NCc1ccc2c(c1)CNC2)c1nn[nH]n1.